The summed E-state index contributed by atoms with van der Waals surface area (Å²) in [5.74, 6) is 1.15. The van der Waals surface area contributed by atoms with Gasteiger partial charge >= 0.3 is 0 Å². The van der Waals surface area contributed by atoms with Gasteiger partial charge in [-0.15, -0.1) is 5.10 Å². The minimum Gasteiger partial charge on any atom is -0.496 e. The van der Waals surface area contributed by atoms with Gasteiger partial charge in [-0.05, 0) is 22.6 Å². The van der Waals surface area contributed by atoms with Crippen LogP contribution in [0.3, 0.4) is 0 Å². The molecule has 0 saturated carbocycles. The molecule has 0 bridgehead atoms. The average molecular weight is 293 g/mol. The number of anilines is 1. The lowest BCUT2D eigenvalue weighted by Crippen LogP contribution is -2.25. The third-order valence-electron chi connectivity index (χ3n) is 3.10. The smallest absolute Gasteiger partial charge is 0.187 e. The van der Waals surface area contributed by atoms with Crippen LogP contribution < -0.4 is 10.5 Å². The average Bonchev–Trinajstić information content (AvgIpc) is 2.94. The van der Waals surface area contributed by atoms with Crippen molar-refractivity contribution in [1.82, 2.24) is 20.2 Å². The maximum Gasteiger partial charge on any atom is 0.187 e. The van der Waals surface area contributed by atoms with Gasteiger partial charge in [0.1, 0.15) is 11.9 Å². The third-order valence-corrected chi connectivity index (χ3v) is 3.10. The van der Waals surface area contributed by atoms with Crippen LogP contribution in [-0.4, -0.2) is 54.2 Å². The molecule has 2 aromatic rings. The van der Waals surface area contributed by atoms with Gasteiger partial charge in [0.2, 0.25) is 0 Å². The number of hydrogen-bond acceptors (Lipinski definition) is 7. The highest BCUT2D eigenvalue weighted by molar-refractivity contribution is 5.77. The first-order valence-corrected chi connectivity index (χ1v) is 6.42. The Morgan fingerprint density at radius 2 is 2.10 bits per heavy atom. The Labute approximate surface area is 122 Å². The Kier molecular flexibility index (Phi) is 5.07. The lowest BCUT2D eigenvalue weighted by atomic mass is 10.1. The fourth-order valence-corrected chi connectivity index (χ4v) is 2.04. The fourth-order valence-electron chi connectivity index (χ4n) is 2.04. The minimum atomic E-state index is -0.159. The summed E-state index contributed by atoms with van der Waals surface area (Å²) in [7, 11) is 4.81. The van der Waals surface area contributed by atoms with E-state index in [0.29, 0.717) is 36.0 Å². The fraction of sp³-hybridized carbons (Fsp3) is 0.462. The van der Waals surface area contributed by atoms with Gasteiger partial charge in [0.25, 0.3) is 0 Å². The van der Waals surface area contributed by atoms with Gasteiger partial charge in [-0.25, -0.2) is 4.68 Å². The van der Waals surface area contributed by atoms with E-state index in [4.69, 9.17) is 19.9 Å². The zero-order chi connectivity index (χ0) is 15.2. The van der Waals surface area contributed by atoms with Gasteiger partial charge in [-0.1, -0.05) is 6.07 Å². The van der Waals surface area contributed by atoms with Crippen LogP contribution in [0.1, 0.15) is 0 Å². The molecule has 2 rings (SSSR count). The van der Waals surface area contributed by atoms with E-state index in [1.165, 1.54) is 0 Å². The second-order valence-corrected chi connectivity index (χ2v) is 4.42. The van der Waals surface area contributed by atoms with Crippen LogP contribution in [0.15, 0.2) is 18.2 Å². The molecular formula is C13H19N5O3. The van der Waals surface area contributed by atoms with Gasteiger partial charge in [-0.2, -0.15) is 0 Å². The summed E-state index contributed by atoms with van der Waals surface area (Å²) in [6.45, 7) is 0.890. The number of tetrazole rings is 1. The maximum absolute atomic E-state index is 6.03. The topological polar surface area (TPSA) is 97.3 Å². The molecule has 2 N–H and O–H groups in total. The van der Waals surface area contributed by atoms with Crippen molar-refractivity contribution in [3.63, 3.8) is 0 Å². The van der Waals surface area contributed by atoms with Crippen molar-refractivity contribution >= 4 is 5.69 Å². The van der Waals surface area contributed by atoms with E-state index in [9.17, 15) is 0 Å². The van der Waals surface area contributed by atoms with Crippen molar-refractivity contribution in [1.29, 1.82) is 0 Å². The molecule has 0 amide bonds. The Morgan fingerprint density at radius 3 is 2.76 bits per heavy atom. The summed E-state index contributed by atoms with van der Waals surface area (Å²) in [6.07, 6.45) is -0.159. The van der Waals surface area contributed by atoms with Crippen molar-refractivity contribution in [3.8, 4) is 17.1 Å². The normalized spacial score (nSPS) is 12.3. The highest BCUT2D eigenvalue weighted by Gasteiger charge is 2.19. The number of hydrogen-bond donors (Lipinski definition) is 1. The predicted octanol–water partition coefficient (Wildman–Crippen LogP) is 0.592. The Morgan fingerprint density at radius 1 is 1.29 bits per heavy atom. The molecule has 1 aromatic carbocycles. The molecular weight excluding hydrogens is 274 g/mol. The van der Waals surface area contributed by atoms with Gasteiger partial charge in [0.05, 0.1) is 25.8 Å². The standard InChI is InChI=1S/C13H19N5O3/c1-19-8-9(20-2)7-18-13(15-16-17-18)12-10(14)5-4-6-11(12)21-3/h4-6,9H,7-8,14H2,1-3H3. The molecule has 1 unspecified atom stereocenters. The molecule has 0 aliphatic carbocycles. The second kappa shape index (κ2) is 7.00. The van der Waals surface area contributed by atoms with Crippen molar-refractivity contribution in [2.24, 2.45) is 0 Å². The first-order chi connectivity index (χ1) is 10.2. The monoisotopic (exact) mass is 293 g/mol. The van der Waals surface area contributed by atoms with Gasteiger partial charge < -0.3 is 19.9 Å². The summed E-state index contributed by atoms with van der Waals surface area (Å²) < 4.78 is 17.4. The van der Waals surface area contributed by atoms with Crippen molar-refractivity contribution in [3.05, 3.63) is 18.2 Å². The number of rotatable bonds is 7. The van der Waals surface area contributed by atoms with E-state index in [1.807, 2.05) is 12.1 Å². The van der Waals surface area contributed by atoms with E-state index < -0.39 is 0 Å². The molecule has 1 aromatic heterocycles. The number of benzene rings is 1. The number of nitrogens with zero attached hydrogens (tertiary/aromatic N) is 4. The SMILES string of the molecule is COCC(Cn1nnnc1-c1c(N)cccc1OC)OC. The minimum absolute atomic E-state index is 0.159. The molecule has 0 saturated heterocycles. The van der Waals surface area contributed by atoms with Crippen LogP contribution in [0, 0.1) is 0 Å². The van der Waals surface area contributed by atoms with Crippen LogP contribution in [0.4, 0.5) is 5.69 Å². The summed E-state index contributed by atoms with van der Waals surface area (Å²) in [4.78, 5) is 0. The van der Waals surface area contributed by atoms with E-state index in [1.54, 1.807) is 32.1 Å². The number of methoxy groups -OCH3 is 3. The molecule has 0 aliphatic rings. The molecule has 0 spiro atoms. The zero-order valence-corrected chi connectivity index (χ0v) is 12.3. The molecule has 114 valence electrons. The molecule has 0 fully saturated rings. The second-order valence-electron chi connectivity index (χ2n) is 4.42. The van der Waals surface area contributed by atoms with Crippen LogP contribution in [0.5, 0.6) is 5.75 Å². The molecule has 8 nitrogen and oxygen atoms in total. The van der Waals surface area contributed by atoms with E-state index in [-0.39, 0.29) is 6.10 Å². The first kappa shape index (κ1) is 15.2. The third kappa shape index (κ3) is 3.29. The van der Waals surface area contributed by atoms with Crippen LogP contribution in [0.2, 0.25) is 0 Å². The summed E-state index contributed by atoms with van der Waals surface area (Å²) in [5, 5.41) is 11.8. The molecule has 21 heavy (non-hydrogen) atoms. The van der Waals surface area contributed by atoms with Crippen molar-refractivity contribution in [2.45, 2.75) is 12.6 Å². The highest BCUT2D eigenvalue weighted by Crippen LogP contribution is 2.33. The Hall–Kier alpha value is -2.19. The van der Waals surface area contributed by atoms with Gasteiger partial charge in [0, 0.05) is 19.9 Å². The lowest BCUT2D eigenvalue weighted by Gasteiger charge is -2.16. The highest BCUT2D eigenvalue weighted by atomic mass is 16.5. The molecule has 0 aliphatic heterocycles. The lowest BCUT2D eigenvalue weighted by molar-refractivity contribution is 0.0163. The molecule has 1 atom stereocenters. The van der Waals surface area contributed by atoms with Crippen molar-refractivity contribution in [2.75, 3.05) is 33.7 Å². The zero-order valence-electron chi connectivity index (χ0n) is 12.3. The number of nitrogen functional groups attached to an aromatic ring is 1. The quantitative estimate of drug-likeness (QED) is 0.746. The van der Waals surface area contributed by atoms with E-state index in [0.717, 1.165) is 0 Å². The summed E-state index contributed by atoms with van der Waals surface area (Å²) in [5.41, 5.74) is 7.25. The number of aromatic nitrogens is 4. The van der Waals surface area contributed by atoms with Gasteiger partial charge in [0.15, 0.2) is 5.82 Å². The van der Waals surface area contributed by atoms with E-state index >= 15 is 0 Å². The van der Waals surface area contributed by atoms with Crippen LogP contribution >= 0.6 is 0 Å². The van der Waals surface area contributed by atoms with E-state index in [2.05, 4.69) is 15.5 Å². The summed E-state index contributed by atoms with van der Waals surface area (Å²) >= 11 is 0. The Bertz CT molecular complexity index is 587. The van der Waals surface area contributed by atoms with Crippen LogP contribution in [0.25, 0.3) is 11.4 Å². The number of nitrogens with two attached hydrogens (primary N) is 1. The Balaban J connectivity index is 2.37. The summed E-state index contributed by atoms with van der Waals surface area (Å²) in [6, 6.07) is 5.40. The predicted molar refractivity (Wildman–Crippen MR) is 76.9 cm³/mol. The molecule has 1 heterocycles. The molecule has 0 radical (unpaired) electrons. The van der Waals surface area contributed by atoms with Crippen LogP contribution in [-0.2, 0) is 16.0 Å². The maximum atomic E-state index is 6.03. The number of ether oxygens (including phenoxy) is 3. The molecule has 8 heteroatoms. The van der Waals surface area contributed by atoms with Gasteiger partial charge in [-0.3, -0.25) is 0 Å². The van der Waals surface area contributed by atoms with Crippen molar-refractivity contribution < 1.29 is 14.2 Å². The first-order valence-electron chi connectivity index (χ1n) is 6.42. The largest absolute Gasteiger partial charge is 0.496 e.